The number of aromatic nitrogens is 2. The monoisotopic (exact) mass is 287 g/mol. The molecule has 0 aliphatic rings. The van der Waals surface area contributed by atoms with E-state index in [4.69, 9.17) is 10.5 Å². The van der Waals surface area contributed by atoms with E-state index in [1.165, 1.54) is 0 Å². The number of hydrogen-bond acceptors (Lipinski definition) is 3. The molecule has 0 saturated carbocycles. The summed E-state index contributed by atoms with van der Waals surface area (Å²) in [5, 5.41) is 4.43. The van der Waals surface area contributed by atoms with Crippen LogP contribution in [-0.4, -0.2) is 22.0 Å². The molecule has 0 aliphatic carbocycles. The molecule has 21 heavy (non-hydrogen) atoms. The molecule has 4 heteroatoms. The number of benzene rings is 1. The van der Waals surface area contributed by atoms with Crippen molar-refractivity contribution in [2.75, 3.05) is 6.61 Å². The second-order valence-corrected chi connectivity index (χ2v) is 5.19. The maximum Gasteiger partial charge on any atom is 0.0884 e. The van der Waals surface area contributed by atoms with Crippen molar-refractivity contribution in [1.82, 2.24) is 9.78 Å². The Balaban J connectivity index is 2.40. The van der Waals surface area contributed by atoms with Crippen LogP contribution in [0.2, 0.25) is 0 Å². The minimum Gasteiger partial charge on any atom is -0.373 e. The SMILES string of the molecule is CCOC(CC)(CC)C(N)c1ccnn1-c1ccccc1. The van der Waals surface area contributed by atoms with Crippen molar-refractivity contribution < 1.29 is 4.74 Å². The van der Waals surface area contributed by atoms with Crippen LogP contribution < -0.4 is 5.73 Å². The van der Waals surface area contributed by atoms with Crippen molar-refractivity contribution in [3.05, 3.63) is 48.3 Å². The quantitative estimate of drug-likeness (QED) is 0.848. The maximum absolute atomic E-state index is 6.58. The average molecular weight is 287 g/mol. The Hall–Kier alpha value is -1.65. The summed E-state index contributed by atoms with van der Waals surface area (Å²) >= 11 is 0. The van der Waals surface area contributed by atoms with Gasteiger partial charge in [-0.05, 0) is 38.0 Å². The molecule has 0 saturated heterocycles. The Kier molecular flexibility index (Phi) is 5.15. The molecule has 1 aromatic heterocycles. The molecular weight excluding hydrogens is 262 g/mol. The second kappa shape index (κ2) is 6.87. The molecule has 0 spiro atoms. The number of nitrogens with two attached hydrogens (primary N) is 1. The van der Waals surface area contributed by atoms with Gasteiger partial charge in [-0.1, -0.05) is 32.0 Å². The summed E-state index contributed by atoms with van der Waals surface area (Å²) in [4.78, 5) is 0. The van der Waals surface area contributed by atoms with Crippen molar-refractivity contribution in [3.63, 3.8) is 0 Å². The summed E-state index contributed by atoms with van der Waals surface area (Å²) in [6.45, 7) is 6.93. The van der Waals surface area contributed by atoms with Gasteiger partial charge in [0.2, 0.25) is 0 Å². The third kappa shape index (κ3) is 3.01. The highest BCUT2D eigenvalue weighted by Crippen LogP contribution is 2.34. The first-order valence-corrected chi connectivity index (χ1v) is 7.67. The lowest BCUT2D eigenvalue weighted by Crippen LogP contribution is -2.43. The van der Waals surface area contributed by atoms with Gasteiger partial charge in [-0.25, -0.2) is 4.68 Å². The number of ether oxygens (including phenoxy) is 1. The minimum atomic E-state index is -0.346. The van der Waals surface area contributed by atoms with Crippen molar-refractivity contribution in [3.8, 4) is 5.69 Å². The topological polar surface area (TPSA) is 53.1 Å². The van der Waals surface area contributed by atoms with Gasteiger partial charge in [0.15, 0.2) is 0 Å². The Morgan fingerprint density at radius 2 is 1.81 bits per heavy atom. The first kappa shape index (κ1) is 15.7. The summed E-state index contributed by atoms with van der Waals surface area (Å²) in [5.74, 6) is 0. The summed E-state index contributed by atoms with van der Waals surface area (Å²) in [6.07, 6.45) is 3.54. The normalized spacial score (nSPS) is 13.3. The average Bonchev–Trinajstić information content (AvgIpc) is 3.02. The Bertz CT molecular complexity index is 546. The van der Waals surface area contributed by atoms with Gasteiger partial charge in [0.1, 0.15) is 0 Å². The van der Waals surface area contributed by atoms with Crippen molar-refractivity contribution in [2.45, 2.75) is 45.3 Å². The smallest absolute Gasteiger partial charge is 0.0884 e. The molecule has 2 aromatic rings. The highest BCUT2D eigenvalue weighted by molar-refractivity contribution is 5.33. The number of rotatable bonds is 7. The highest BCUT2D eigenvalue weighted by atomic mass is 16.5. The van der Waals surface area contributed by atoms with Crippen LogP contribution >= 0.6 is 0 Å². The molecule has 0 aliphatic heterocycles. The van der Waals surface area contributed by atoms with Crippen molar-refractivity contribution >= 4 is 0 Å². The van der Waals surface area contributed by atoms with Crippen LogP contribution in [0.5, 0.6) is 0 Å². The molecule has 0 bridgehead atoms. The van der Waals surface area contributed by atoms with Gasteiger partial charge in [-0.3, -0.25) is 0 Å². The zero-order valence-corrected chi connectivity index (χ0v) is 13.1. The first-order valence-electron chi connectivity index (χ1n) is 7.67. The molecule has 114 valence electrons. The fraction of sp³-hybridized carbons (Fsp3) is 0.471. The third-order valence-electron chi connectivity index (χ3n) is 4.19. The van der Waals surface area contributed by atoms with E-state index < -0.39 is 0 Å². The van der Waals surface area contributed by atoms with E-state index in [2.05, 4.69) is 18.9 Å². The summed E-state index contributed by atoms with van der Waals surface area (Å²) in [6, 6.07) is 11.8. The van der Waals surface area contributed by atoms with E-state index >= 15 is 0 Å². The van der Waals surface area contributed by atoms with Gasteiger partial charge < -0.3 is 10.5 Å². The molecule has 1 heterocycles. The largest absolute Gasteiger partial charge is 0.373 e. The highest BCUT2D eigenvalue weighted by Gasteiger charge is 2.37. The van der Waals surface area contributed by atoms with Gasteiger partial charge >= 0.3 is 0 Å². The van der Waals surface area contributed by atoms with Crippen LogP contribution in [0.15, 0.2) is 42.6 Å². The van der Waals surface area contributed by atoms with E-state index in [1.807, 2.05) is 48.0 Å². The van der Waals surface area contributed by atoms with Crippen LogP contribution in [-0.2, 0) is 4.74 Å². The molecule has 1 atom stereocenters. The van der Waals surface area contributed by atoms with Crippen LogP contribution in [0.1, 0.15) is 45.3 Å². The van der Waals surface area contributed by atoms with Gasteiger partial charge in [0.25, 0.3) is 0 Å². The van der Waals surface area contributed by atoms with Gasteiger partial charge in [0.05, 0.1) is 23.0 Å². The van der Waals surface area contributed by atoms with Gasteiger partial charge in [-0.2, -0.15) is 5.10 Å². The molecule has 1 aromatic carbocycles. The van der Waals surface area contributed by atoms with Crippen LogP contribution in [0.4, 0.5) is 0 Å². The Morgan fingerprint density at radius 3 is 2.38 bits per heavy atom. The van der Waals surface area contributed by atoms with Crippen LogP contribution in [0, 0.1) is 0 Å². The van der Waals surface area contributed by atoms with E-state index in [0.29, 0.717) is 6.61 Å². The van der Waals surface area contributed by atoms with Crippen molar-refractivity contribution in [2.24, 2.45) is 5.73 Å². The molecule has 4 nitrogen and oxygen atoms in total. The lowest BCUT2D eigenvalue weighted by atomic mass is 9.86. The molecule has 0 amide bonds. The molecule has 2 rings (SSSR count). The lowest BCUT2D eigenvalue weighted by Gasteiger charge is -2.37. The molecule has 1 unspecified atom stereocenters. The zero-order valence-electron chi connectivity index (χ0n) is 13.1. The fourth-order valence-electron chi connectivity index (χ4n) is 2.87. The number of para-hydroxylation sites is 1. The first-order chi connectivity index (χ1) is 10.2. The standard InChI is InChI=1S/C17H25N3O/c1-4-17(5-2,21-6-3)16(18)15-12-13-19-20(15)14-10-8-7-9-11-14/h7-13,16H,4-6,18H2,1-3H3. The second-order valence-electron chi connectivity index (χ2n) is 5.19. The van der Waals surface area contributed by atoms with E-state index in [9.17, 15) is 0 Å². The van der Waals surface area contributed by atoms with Gasteiger partial charge in [0, 0.05) is 12.8 Å². The third-order valence-corrected chi connectivity index (χ3v) is 4.19. The summed E-state index contributed by atoms with van der Waals surface area (Å²) in [7, 11) is 0. The maximum atomic E-state index is 6.58. The summed E-state index contributed by atoms with van der Waals surface area (Å²) in [5.41, 5.74) is 8.24. The molecular formula is C17H25N3O. The van der Waals surface area contributed by atoms with E-state index in [0.717, 1.165) is 24.2 Å². The fourth-order valence-corrected chi connectivity index (χ4v) is 2.87. The Labute approximate surface area is 126 Å². The van der Waals surface area contributed by atoms with E-state index in [-0.39, 0.29) is 11.6 Å². The summed E-state index contributed by atoms with van der Waals surface area (Å²) < 4.78 is 7.94. The molecule has 2 N–H and O–H groups in total. The number of nitrogens with zero attached hydrogens (tertiary/aromatic N) is 2. The van der Waals surface area contributed by atoms with Crippen LogP contribution in [0.25, 0.3) is 5.69 Å². The zero-order chi connectivity index (χ0) is 15.3. The number of hydrogen-bond donors (Lipinski definition) is 1. The van der Waals surface area contributed by atoms with Crippen LogP contribution in [0.3, 0.4) is 0 Å². The minimum absolute atomic E-state index is 0.213. The molecule has 0 fully saturated rings. The predicted molar refractivity (Wildman–Crippen MR) is 85.4 cm³/mol. The Morgan fingerprint density at radius 1 is 1.14 bits per heavy atom. The molecule has 0 radical (unpaired) electrons. The van der Waals surface area contributed by atoms with E-state index in [1.54, 1.807) is 6.20 Å². The predicted octanol–water partition coefficient (Wildman–Crippen LogP) is 3.47. The lowest BCUT2D eigenvalue weighted by molar-refractivity contribution is -0.0658. The van der Waals surface area contributed by atoms with Gasteiger partial charge in [-0.15, -0.1) is 0 Å². The van der Waals surface area contributed by atoms with Crippen molar-refractivity contribution in [1.29, 1.82) is 0 Å².